The number of hydrogen-bond acceptors (Lipinski definition) is 5. The van der Waals surface area contributed by atoms with Crippen molar-refractivity contribution in [1.29, 1.82) is 0 Å². The van der Waals surface area contributed by atoms with Crippen molar-refractivity contribution >= 4 is 11.3 Å². The third kappa shape index (κ3) is 3.32. The molecule has 1 unspecified atom stereocenters. The SMILES string of the molecule is CCC(N)c1nnc(COC(C)C)s1. The van der Waals surface area contributed by atoms with Gasteiger partial charge in [0.25, 0.3) is 0 Å². The molecule has 0 aliphatic rings. The zero-order valence-electron chi connectivity index (χ0n) is 8.86. The molecule has 5 heteroatoms. The molecule has 0 saturated carbocycles. The Labute approximate surface area is 88.5 Å². The fraction of sp³-hybridized carbons (Fsp3) is 0.778. The van der Waals surface area contributed by atoms with Gasteiger partial charge in [0.15, 0.2) is 0 Å². The minimum atomic E-state index is 0.0142. The Morgan fingerprint density at radius 3 is 2.71 bits per heavy atom. The van der Waals surface area contributed by atoms with Gasteiger partial charge in [0.1, 0.15) is 16.6 Å². The second-order valence-electron chi connectivity index (χ2n) is 3.41. The summed E-state index contributed by atoms with van der Waals surface area (Å²) in [5.41, 5.74) is 5.83. The highest BCUT2D eigenvalue weighted by Gasteiger charge is 2.10. The molecule has 2 N–H and O–H groups in total. The molecule has 0 fully saturated rings. The first-order chi connectivity index (χ1) is 6.63. The lowest BCUT2D eigenvalue weighted by atomic mass is 10.3. The van der Waals surface area contributed by atoms with Crippen LogP contribution >= 0.6 is 11.3 Å². The van der Waals surface area contributed by atoms with Gasteiger partial charge in [-0.3, -0.25) is 0 Å². The third-order valence-corrected chi connectivity index (χ3v) is 2.81. The Morgan fingerprint density at radius 1 is 1.43 bits per heavy atom. The topological polar surface area (TPSA) is 61.0 Å². The second kappa shape index (κ2) is 5.38. The zero-order chi connectivity index (χ0) is 10.6. The van der Waals surface area contributed by atoms with Gasteiger partial charge < -0.3 is 10.5 Å². The van der Waals surface area contributed by atoms with Crippen LogP contribution in [0.15, 0.2) is 0 Å². The Kier molecular flexibility index (Phi) is 4.44. The standard InChI is InChI=1S/C9H17N3OS/c1-4-7(10)9-12-11-8(14-9)5-13-6(2)3/h6-7H,4-5,10H2,1-3H3. The fourth-order valence-corrected chi connectivity index (χ4v) is 1.74. The highest BCUT2D eigenvalue weighted by molar-refractivity contribution is 7.11. The second-order valence-corrected chi connectivity index (χ2v) is 4.50. The van der Waals surface area contributed by atoms with Crippen LogP contribution in [0.2, 0.25) is 0 Å². The maximum atomic E-state index is 5.83. The molecule has 4 nitrogen and oxygen atoms in total. The number of nitrogens with two attached hydrogens (primary N) is 1. The van der Waals surface area contributed by atoms with Crippen molar-refractivity contribution in [3.63, 3.8) is 0 Å². The summed E-state index contributed by atoms with van der Waals surface area (Å²) in [7, 11) is 0. The first-order valence-electron chi connectivity index (χ1n) is 4.83. The van der Waals surface area contributed by atoms with E-state index in [1.54, 1.807) is 0 Å². The first-order valence-corrected chi connectivity index (χ1v) is 5.64. The van der Waals surface area contributed by atoms with E-state index in [4.69, 9.17) is 10.5 Å². The number of rotatable bonds is 5. The van der Waals surface area contributed by atoms with Crippen molar-refractivity contribution < 1.29 is 4.74 Å². The molecular weight excluding hydrogens is 198 g/mol. The normalized spacial score (nSPS) is 13.5. The average molecular weight is 215 g/mol. The number of ether oxygens (including phenoxy) is 1. The quantitative estimate of drug-likeness (QED) is 0.814. The van der Waals surface area contributed by atoms with E-state index in [0.717, 1.165) is 16.4 Å². The highest BCUT2D eigenvalue weighted by Crippen LogP contribution is 2.19. The van der Waals surface area contributed by atoms with Crippen LogP contribution in [0.5, 0.6) is 0 Å². The molecule has 0 aromatic carbocycles. The van der Waals surface area contributed by atoms with E-state index < -0.39 is 0 Å². The van der Waals surface area contributed by atoms with E-state index in [1.165, 1.54) is 11.3 Å². The lowest BCUT2D eigenvalue weighted by molar-refractivity contribution is 0.0652. The van der Waals surface area contributed by atoms with E-state index >= 15 is 0 Å². The molecule has 1 atom stereocenters. The molecular formula is C9H17N3OS. The van der Waals surface area contributed by atoms with Crippen molar-refractivity contribution in [3.8, 4) is 0 Å². The molecule has 1 rings (SSSR count). The summed E-state index contributed by atoms with van der Waals surface area (Å²) in [6.07, 6.45) is 1.11. The number of nitrogens with zero attached hydrogens (tertiary/aromatic N) is 2. The predicted molar refractivity (Wildman–Crippen MR) is 57.1 cm³/mol. The Bertz CT molecular complexity index is 275. The van der Waals surface area contributed by atoms with Crippen LogP contribution in [0.1, 0.15) is 43.2 Å². The van der Waals surface area contributed by atoms with E-state index in [1.807, 2.05) is 20.8 Å². The summed E-state index contributed by atoms with van der Waals surface area (Å²) >= 11 is 1.54. The van der Waals surface area contributed by atoms with E-state index in [-0.39, 0.29) is 12.1 Å². The van der Waals surface area contributed by atoms with Gasteiger partial charge in [0.2, 0.25) is 0 Å². The molecule has 0 aliphatic heterocycles. The maximum Gasteiger partial charge on any atom is 0.143 e. The molecule has 1 aromatic rings. The Morgan fingerprint density at radius 2 is 2.14 bits per heavy atom. The van der Waals surface area contributed by atoms with E-state index in [0.29, 0.717) is 6.61 Å². The summed E-state index contributed by atoms with van der Waals surface area (Å²) in [6.45, 7) is 6.57. The largest absolute Gasteiger partial charge is 0.372 e. The van der Waals surface area contributed by atoms with Crippen LogP contribution in [0.25, 0.3) is 0 Å². The van der Waals surface area contributed by atoms with Gasteiger partial charge in [-0.1, -0.05) is 18.3 Å². The molecule has 80 valence electrons. The van der Waals surface area contributed by atoms with E-state index in [2.05, 4.69) is 10.2 Å². The number of aromatic nitrogens is 2. The lowest BCUT2D eigenvalue weighted by Crippen LogP contribution is -2.07. The van der Waals surface area contributed by atoms with E-state index in [9.17, 15) is 0 Å². The van der Waals surface area contributed by atoms with Crippen molar-refractivity contribution in [2.24, 2.45) is 5.73 Å². The van der Waals surface area contributed by atoms with Crippen molar-refractivity contribution in [2.75, 3.05) is 0 Å². The monoisotopic (exact) mass is 215 g/mol. The number of hydrogen-bond donors (Lipinski definition) is 1. The van der Waals surface area contributed by atoms with Crippen molar-refractivity contribution in [1.82, 2.24) is 10.2 Å². The van der Waals surface area contributed by atoms with Crippen LogP contribution < -0.4 is 5.73 Å². The van der Waals surface area contributed by atoms with Gasteiger partial charge >= 0.3 is 0 Å². The first kappa shape index (κ1) is 11.6. The van der Waals surface area contributed by atoms with Crippen LogP contribution in [-0.2, 0) is 11.3 Å². The van der Waals surface area contributed by atoms with Crippen LogP contribution in [-0.4, -0.2) is 16.3 Å². The van der Waals surface area contributed by atoms with Gasteiger partial charge in [-0.25, -0.2) is 0 Å². The maximum absolute atomic E-state index is 5.83. The van der Waals surface area contributed by atoms with Crippen molar-refractivity contribution in [2.45, 2.75) is 45.9 Å². The summed E-state index contributed by atoms with van der Waals surface area (Å²) < 4.78 is 5.42. The Hall–Kier alpha value is -0.520. The van der Waals surface area contributed by atoms with Gasteiger partial charge in [0, 0.05) is 0 Å². The molecule has 0 bridgehead atoms. The van der Waals surface area contributed by atoms with Crippen LogP contribution in [0.4, 0.5) is 0 Å². The smallest absolute Gasteiger partial charge is 0.143 e. The molecule has 1 heterocycles. The molecule has 0 aliphatic carbocycles. The average Bonchev–Trinajstić information content (AvgIpc) is 2.62. The fourth-order valence-electron chi connectivity index (χ4n) is 0.887. The molecule has 1 aromatic heterocycles. The summed E-state index contributed by atoms with van der Waals surface area (Å²) in [4.78, 5) is 0. The van der Waals surface area contributed by atoms with Gasteiger partial charge in [-0.05, 0) is 20.3 Å². The van der Waals surface area contributed by atoms with Crippen LogP contribution in [0, 0.1) is 0 Å². The predicted octanol–water partition coefficient (Wildman–Crippen LogP) is 1.87. The van der Waals surface area contributed by atoms with Crippen molar-refractivity contribution in [3.05, 3.63) is 10.0 Å². The van der Waals surface area contributed by atoms with Crippen LogP contribution in [0.3, 0.4) is 0 Å². The third-order valence-electron chi connectivity index (χ3n) is 1.78. The highest BCUT2D eigenvalue weighted by atomic mass is 32.1. The molecule has 0 spiro atoms. The lowest BCUT2D eigenvalue weighted by Gasteiger charge is -2.03. The molecule has 0 radical (unpaired) electrons. The zero-order valence-corrected chi connectivity index (χ0v) is 9.67. The minimum Gasteiger partial charge on any atom is -0.372 e. The summed E-state index contributed by atoms with van der Waals surface area (Å²) in [5.74, 6) is 0. The molecule has 14 heavy (non-hydrogen) atoms. The van der Waals surface area contributed by atoms with Gasteiger partial charge in [0.05, 0.1) is 12.1 Å². The van der Waals surface area contributed by atoms with Gasteiger partial charge in [-0.15, -0.1) is 10.2 Å². The molecule has 0 amide bonds. The summed E-state index contributed by atoms with van der Waals surface area (Å²) in [5, 5.41) is 9.85. The minimum absolute atomic E-state index is 0.0142. The molecule has 0 saturated heterocycles. The summed E-state index contributed by atoms with van der Waals surface area (Å²) in [6, 6.07) is 0.0142. The van der Waals surface area contributed by atoms with Gasteiger partial charge in [-0.2, -0.15) is 0 Å². The Balaban J connectivity index is 2.50.